The first kappa shape index (κ1) is 24.2. The number of carbonyl (C=O) groups excluding carboxylic acids is 1. The molecule has 1 atom stereocenters. The average molecular weight is 527 g/mol. The van der Waals surface area contributed by atoms with Crippen LogP contribution in [0.25, 0.3) is 10.9 Å². The standard InChI is InChI=1S/C28H26Cl3N3O/c1-33-24-12-11-23(30)26(31)22(24)16-25(33)27(35)32-28(20-9-5-10-21(29)15-20)13-6-14-34(18-28)17-19-7-3-2-4-8-19/h2-5,7-12,15-16H,6,13-14,17-18H2,1H3,(H,32,35). The predicted molar refractivity (Wildman–Crippen MR) is 144 cm³/mol. The van der Waals surface area contributed by atoms with Gasteiger partial charge in [-0.15, -0.1) is 0 Å². The molecule has 5 rings (SSSR count). The van der Waals surface area contributed by atoms with Crippen molar-refractivity contribution in [1.29, 1.82) is 0 Å². The van der Waals surface area contributed by atoms with Gasteiger partial charge in [0, 0.05) is 36.1 Å². The van der Waals surface area contributed by atoms with Gasteiger partial charge in [-0.3, -0.25) is 9.69 Å². The number of halogens is 3. The van der Waals surface area contributed by atoms with E-state index in [1.54, 1.807) is 6.07 Å². The van der Waals surface area contributed by atoms with E-state index in [4.69, 9.17) is 34.8 Å². The van der Waals surface area contributed by atoms with Gasteiger partial charge >= 0.3 is 0 Å². The number of fused-ring (bicyclic) bond motifs is 1. The number of rotatable bonds is 5. The summed E-state index contributed by atoms with van der Waals surface area (Å²) in [4.78, 5) is 16.2. The first-order valence-corrected chi connectivity index (χ1v) is 12.8. The number of aryl methyl sites for hydroxylation is 1. The molecule has 1 aromatic heterocycles. The van der Waals surface area contributed by atoms with Crippen LogP contribution >= 0.6 is 34.8 Å². The summed E-state index contributed by atoms with van der Waals surface area (Å²) < 4.78 is 1.86. The van der Waals surface area contributed by atoms with Crippen LogP contribution in [0.3, 0.4) is 0 Å². The van der Waals surface area contributed by atoms with Gasteiger partial charge < -0.3 is 9.88 Å². The van der Waals surface area contributed by atoms with Gasteiger partial charge in [-0.1, -0.05) is 77.3 Å². The minimum atomic E-state index is -0.576. The highest BCUT2D eigenvalue weighted by atomic mass is 35.5. The monoisotopic (exact) mass is 525 g/mol. The van der Waals surface area contributed by atoms with Crippen LogP contribution < -0.4 is 5.32 Å². The lowest BCUT2D eigenvalue weighted by Crippen LogP contribution is -2.56. The fourth-order valence-electron chi connectivity index (χ4n) is 5.17. The Bertz CT molecular complexity index is 1390. The summed E-state index contributed by atoms with van der Waals surface area (Å²) in [6.07, 6.45) is 1.77. The molecule has 0 aliphatic carbocycles. The molecule has 2 heterocycles. The lowest BCUT2D eigenvalue weighted by atomic mass is 9.81. The molecule has 1 unspecified atom stereocenters. The summed E-state index contributed by atoms with van der Waals surface area (Å²) in [5, 5.41) is 5.75. The summed E-state index contributed by atoms with van der Waals surface area (Å²) in [6, 6.07) is 23.7. The van der Waals surface area contributed by atoms with Crippen molar-refractivity contribution in [2.24, 2.45) is 7.05 Å². The summed E-state index contributed by atoms with van der Waals surface area (Å²) in [5.74, 6) is -0.155. The van der Waals surface area contributed by atoms with Crippen LogP contribution in [-0.4, -0.2) is 28.5 Å². The molecule has 0 saturated carbocycles. The molecule has 35 heavy (non-hydrogen) atoms. The molecule has 0 bridgehead atoms. The van der Waals surface area contributed by atoms with Crippen LogP contribution in [0.2, 0.25) is 15.1 Å². The number of piperidine rings is 1. The van der Waals surface area contributed by atoms with Gasteiger partial charge in [0.2, 0.25) is 0 Å². The molecule has 7 heteroatoms. The van der Waals surface area contributed by atoms with Crippen molar-refractivity contribution in [2.45, 2.75) is 24.9 Å². The Morgan fingerprint density at radius 3 is 2.57 bits per heavy atom. The molecular formula is C28H26Cl3N3O. The van der Waals surface area contributed by atoms with Crippen molar-refractivity contribution in [3.63, 3.8) is 0 Å². The van der Waals surface area contributed by atoms with Gasteiger partial charge in [-0.05, 0) is 60.8 Å². The normalized spacial score (nSPS) is 18.6. The number of benzene rings is 3. The molecule has 180 valence electrons. The first-order chi connectivity index (χ1) is 16.9. The van der Waals surface area contributed by atoms with Gasteiger partial charge in [-0.2, -0.15) is 0 Å². The molecular weight excluding hydrogens is 501 g/mol. The second kappa shape index (κ2) is 9.87. The number of likely N-dealkylation sites (tertiary alicyclic amines) is 1. The van der Waals surface area contributed by atoms with Gasteiger partial charge in [0.25, 0.3) is 5.91 Å². The largest absolute Gasteiger partial charge is 0.340 e. The van der Waals surface area contributed by atoms with Crippen molar-refractivity contribution in [3.8, 4) is 0 Å². The Morgan fingerprint density at radius 1 is 1.00 bits per heavy atom. The first-order valence-electron chi connectivity index (χ1n) is 11.6. The van der Waals surface area contributed by atoms with E-state index < -0.39 is 5.54 Å². The molecule has 1 fully saturated rings. The van der Waals surface area contributed by atoms with E-state index in [0.29, 0.717) is 27.3 Å². The van der Waals surface area contributed by atoms with Crippen LogP contribution in [0.4, 0.5) is 0 Å². The summed E-state index contributed by atoms with van der Waals surface area (Å²) in [5.41, 5.74) is 3.07. The average Bonchev–Trinajstić information content (AvgIpc) is 3.19. The molecule has 1 aliphatic rings. The van der Waals surface area contributed by atoms with Crippen LogP contribution in [0.1, 0.15) is 34.5 Å². The fraction of sp³-hybridized carbons (Fsp3) is 0.250. The van der Waals surface area contributed by atoms with Crippen LogP contribution in [-0.2, 0) is 19.1 Å². The van der Waals surface area contributed by atoms with E-state index in [1.807, 2.05) is 48.0 Å². The summed E-state index contributed by atoms with van der Waals surface area (Å²) >= 11 is 19.1. The third-order valence-corrected chi connectivity index (χ3v) is 7.95. The molecule has 4 nitrogen and oxygen atoms in total. The second-order valence-electron chi connectivity index (χ2n) is 9.23. The molecule has 4 aromatic rings. The fourth-order valence-corrected chi connectivity index (χ4v) is 5.73. The van der Waals surface area contributed by atoms with E-state index in [-0.39, 0.29) is 5.91 Å². The minimum Gasteiger partial charge on any atom is -0.340 e. The van der Waals surface area contributed by atoms with Crippen molar-refractivity contribution in [1.82, 2.24) is 14.8 Å². The molecule has 3 aromatic carbocycles. The molecule has 0 spiro atoms. The number of amides is 1. The third-order valence-electron chi connectivity index (χ3n) is 6.90. The van der Waals surface area contributed by atoms with Crippen LogP contribution in [0.5, 0.6) is 0 Å². The zero-order valence-corrected chi connectivity index (χ0v) is 21.7. The molecule has 0 radical (unpaired) electrons. The Morgan fingerprint density at radius 2 is 1.80 bits per heavy atom. The molecule has 1 saturated heterocycles. The highest BCUT2D eigenvalue weighted by molar-refractivity contribution is 6.45. The van der Waals surface area contributed by atoms with Crippen molar-refractivity contribution < 1.29 is 4.79 Å². The SMILES string of the molecule is Cn1c(C(=O)NC2(c3cccc(Cl)c3)CCCN(Cc3ccccc3)C2)cc2c(Cl)c(Cl)ccc21. The van der Waals surface area contributed by atoms with Crippen LogP contribution in [0.15, 0.2) is 72.8 Å². The molecule has 1 N–H and O–H groups in total. The Labute approximate surface area is 220 Å². The van der Waals surface area contributed by atoms with E-state index in [9.17, 15) is 4.79 Å². The van der Waals surface area contributed by atoms with Crippen molar-refractivity contribution in [2.75, 3.05) is 13.1 Å². The lowest BCUT2D eigenvalue weighted by Gasteiger charge is -2.44. The van der Waals surface area contributed by atoms with Crippen molar-refractivity contribution >= 4 is 51.6 Å². The highest BCUT2D eigenvalue weighted by Crippen LogP contribution is 2.36. The topological polar surface area (TPSA) is 37.3 Å². The highest BCUT2D eigenvalue weighted by Gasteiger charge is 2.39. The number of nitrogens with one attached hydrogen (secondary N) is 1. The number of nitrogens with zero attached hydrogens (tertiary/aromatic N) is 2. The van der Waals surface area contributed by atoms with E-state index >= 15 is 0 Å². The van der Waals surface area contributed by atoms with Gasteiger partial charge in [0.15, 0.2) is 0 Å². The number of carbonyl (C=O) groups is 1. The second-order valence-corrected chi connectivity index (χ2v) is 10.5. The minimum absolute atomic E-state index is 0.155. The summed E-state index contributed by atoms with van der Waals surface area (Å²) in [7, 11) is 1.87. The Balaban J connectivity index is 1.51. The Hall–Kier alpha value is -2.50. The maximum Gasteiger partial charge on any atom is 0.268 e. The molecule has 1 aliphatic heterocycles. The number of aromatic nitrogens is 1. The smallest absolute Gasteiger partial charge is 0.268 e. The zero-order valence-electron chi connectivity index (χ0n) is 19.4. The lowest BCUT2D eigenvalue weighted by molar-refractivity contribution is 0.0750. The van der Waals surface area contributed by atoms with E-state index in [2.05, 4.69) is 40.5 Å². The summed E-state index contributed by atoms with van der Waals surface area (Å²) in [6.45, 7) is 2.47. The van der Waals surface area contributed by atoms with Gasteiger partial charge in [-0.25, -0.2) is 0 Å². The van der Waals surface area contributed by atoms with E-state index in [0.717, 1.165) is 42.4 Å². The van der Waals surface area contributed by atoms with Gasteiger partial charge in [0.05, 0.1) is 15.6 Å². The number of hydrogen-bond donors (Lipinski definition) is 1. The number of hydrogen-bond acceptors (Lipinski definition) is 2. The Kier molecular flexibility index (Phi) is 6.82. The maximum atomic E-state index is 13.8. The van der Waals surface area contributed by atoms with Crippen molar-refractivity contribution in [3.05, 3.63) is 105 Å². The third kappa shape index (κ3) is 4.81. The zero-order chi connectivity index (χ0) is 24.6. The predicted octanol–water partition coefficient (Wildman–Crippen LogP) is 7.06. The van der Waals surface area contributed by atoms with Gasteiger partial charge in [0.1, 0.15) is 5.69 Å². The van der Waals surface area contributed by atoms with E-state index in [1.165, 1.54) is 5.56 Å². The van der Waals surface area contributed by atoms with Crippen LogP contribution in [0, 0.1) is 0 Å². The maximum absolute atomic E-state index is 13.8. The quantitative estimate of drug-likeness (QED) is 0.302. The molecule has 1 amide bonds.